The fourth-order valence-electron chi connectivity index (χ4n) is 2.80. The summed E-state index contributed by atoms with van der Waals surface area (Å²) in [6, 6.07) is 7.47. The van der Waals surface area contributed by atoms with Gasteiger partial charge in [0, 0.05) is 13.1 Å². The first-order valence-corrected chi connectivity index (χ1v) is 6.75. The molecule has 3 heteroatoms. The Kier molecular flexibility index (Phi) is 3.93. The molecule has 0 amide bonds. The van der Waals surface area contributed by atoms with Gasteiger partial charge >= 0.3 is 0 Å². The number of ether oxygens (including phenoxy) is 1. The molecule has 1 aliphatic rings. The Balaban J connectivity index is 2.34. The van der Waals surface area contributed by atoms with Gasteiger partial charge < -0.3 is 14.7 Å². The summed E-state index contributed by atoms with van der Waals surface area (Å²) in [7, 11) is 2.14. The monoisotopic (exact) mass is 249 g/mol. The minimum atomic E-state index is -0.285. The summed E-state index contributed by atoms with van der Waals surface area (Å²) >= 11 is 0. The molecule has 2 rings (SSSR count). The van der Waals surface area contributed by atoms with Gasteiger partial charge in [0.15, 0.2) is 0 Å². The zero-order valence-corrected chi connectivity index (χ0v) is 11.5. The molecule has 1 fully saturated rings. The first-order valence-electron chi connectivity index (χ1n) is 6.75. The second kappa shape index (κ2) is 5.29. The molecule has 1 aromatic rings. The summed E-state index contributed by atoms with van der Waals surface area (Å²) in [5, 5.41) is 9.67. The Morgan fingerprint density at radius 1 is 1.44 bits per heavy atom. The third-order valence-corrected chi connectivity index (χ3v) is 3.83. The van der Waals surface area contributed by atoms with Crippen LogP contribution in [0.15, 0.2) is 24.3 Å². The number of rotatable bonds is 3. The Hall–Kier alpha value is -1.06. The van der Waals surface area contributed by atoms with E-state index in [4.69, 9.17) is 4.74 Å². The molecule has 0 spiro atoms. The van der Waals surface area contributed by atoms with Gasteiger partial charge in [-0.1, -0.05) is 26.0 Å². The Labute approximate surface area is 109 Å². The van der Waals surface area contributed by atoms with E-state index >= 15 is 0 Å². The van der Waals surface area contributed by atoms with Crippen LogP contribution in [0.25, 0.3) is 0 Å². The van der Waals surface area contributed by atoms with Crippen molar-refractivity contribution in [3.63, 3.8) is 0 Å². The zero-order valence-electron chi connectivity index (χ0n) is 11.5. The molecule has 3 nitrogen and oxygen atoms in total. The van der Waals surface area contributed by atoms with Crippen LogP contribution in [0.5, 0.6) is 5.75 Å². The number of aromatic hydroxyl groups is 1. The molecule has 0 saturated carbocycles. The van der Waals surface area contributed by atoms with Crippen molar-refractivity contribution in [3.05, 3.63) is 29.8 Å². The minimum Gasteiger partial charge on any atom is -0.508 e. The first-order chi connectivity index (χ1) is 8.59. The highest BCUT2D eigenvalue weighted by atomic mass is 16.5. The molecule has 2 unspecified atom stereocenters. The molecular weight excluding hydrogens is 226 g/mol. The predicted molar refractivity (Wildman–Crippen MR) is 72.7 cm³/mol. The van der Waals surface area contributed by atoms with Gasteiger partial charge in [-0.3, -0.25) is 0 Å². The van der Waals surface area contributed by atoms with Crippen LogP contribution in [0.4, 0.5) is 0 Å². The quantitative estimate of drug-likeness (QED) is 0.894. The van der Waals surface area contributed by atoms with Crippen LogP contribution >= 0.6 is 0 Å². The summed E-state index contributed by atoms with van der Waals surface area (Å²) < 4.78 is 6.33. The minimum absolute atomic E-state index is 0.269. The predicted octanol–water partition coefficient (Wildman–Crippen LogP) is 2.74. The molecule has 1 saturated heterocycles. The number of hydrogen-bond acceptors (Lipinski definition) is 3. The van der Waals surface area contributed by atoms with Gasteiger partial charge in [0.2, 0.25) is 0 Å². The third-order valence-electron chi connectivity index (χ3n) is 3.83. The maximum absolute atomic E-state index is 9.67. The molecule has 0 aromatic heterocycles. The van der Waals surface area contributed by atoms with E-state index in [-0.39, 0.29) is 11.7 Å². The SMILES string of the molecule is CCC1CN(C)CC(CC)(c2cccc(O)c2)O1. The zero-order chi connectivity index (χ0) is 13.2. The van der Waals surface area contributed by atoms with Crippen LogP contribution in [0.2, 0.25) is 0 Å². The molecule has 2 atom stereocenters. The van der Waals surface area contributed by atoms with E-state index in [9.17, 15) is 5.11 Å². The Morgan fingerprint density at radius 2 is 2.22 bits per heavy atom. The lowest BCUT2D eigenvalue weighted by molar-refractivity contribution is -0.158. The van der Waals surface area contributed by atoms with Gasteiger partial charge in [-0.25, -0.2) is 0 Å². The summed E-state index contributed by atoms with van der Waals surface area (Å²) in [6.45, 7) is 6.17. The summed E-state index contributed by atoms with van der Waals surface area (Å²) in [6.07, 6.45) is 2.20. The van der Waals surface area contributed by atoms with E-state index < -0.39 is 0 Å². The Morgan fingerprint density at radius 3 is 2.83 bits per heavy atom. The van der Waals surface area contributed by atoms with Crippen LogP contribution in [-0.4, -0.2) is 36.2 Å². The van der Waals surface area contributed by atoms with Gasteiger partial charge in [0.1, 0.15) is 11.4 Å². The maximum atomic E-state index is 9.67. The van der Waals surface area contributed by atoms with E-state index in [0.29, 0.717) is 5.75 Å². The van der Waals surface area contributed by atoms with Crippen molar-refractivity contribution in [1.29, 1.82) is 0 Å². The molecule has 1 N–H and O–H groups in total. The number of benzene rings is 1. The van der Waals surface area contributed by atoms with Gasteiger partial charge in [-0.05, 0) is 37.6 Å². The number of nitrogens with zero attached hydrogens (tertiary/aromatic N) is 1. The van der Waals surface area contributed by atoms with Crippen LogP contribution in [0.3, 0.4) is 0 Å². The average Bonchev–Trinajstić information content (AvgIpc) is 2.37. The van der Waals surface area contributed by atoms with Gasteiger partial charge in [-0.2, -0.15) is 0 Å². The summed E-state index contributed by atoms with van der Waals surface area (Å²) in [5.41, 5.74) is 0.793. The van der Waals surface area contributed by atoms with Crippen molar-refractivity contribution in [2.75, 3.05) is 20.1 Å². The number of phenolic OH excluding ortho intramolecular Hbond substituents is 1. The van der Waals surface area contributed by atoms with E-state index in [1.807, 2.05) is 12.1 Å². The van der Waals surface area contributed by atoms with Crippen molar-refractivity contribution in [3.8, 4) is 5.75 Å². The maximum Gasteiger partial charge on any atom is 0.115 e. The fourth-order valence-corrected chi connectivity index (χ4v) is 2.80. The second-order valence-electron chi connectivity index (χ2n) is 5.24. The lowest BCUT2D eigenvalue weighted by Gasteiger charge is -2.45. The van der Waals surface area contributed by atoms with E-state index in [0.717, 1.165) is 31.5 Å². The van der Waals surface area contributed by atoms with Crippen molar-refractivity contribution in [1.82, 2.24) is 4.90 Å². The van der Waals surface area contributed by atoms with E-state index in [1.54, 1.807) is 6.07 Å². The van der Waals surface area contributed by atoms with Crippen LogP contribution in [0.1, 0.15) is 32.3 Å². The molecule has 0 radical (unpaired) electrons. The lowest BCUT2D eigenvalue weighted by Crippen LogP contribution is -2.52. The van der Waals surface area contributed by atoms with Crippen LogP contribution < -0.4 is 0 Å². The molecule has 0 bridgehead atoms. The summed E-state index contributed by atoms with van der Waals surface area (Å²) in [5.74, 6) is 0.310. The fraction of sp³-hybridized carbons (Fsp3) is 0.600. The van der Waals surface area contributed by atoms with Gasteiger partial charge in [0.25, 0.3) is 0 Å². The van der Waals surface area contributed by atoms with Crippen molar-refractivity contribution >= 4 is 0 Å². The molecule has 100 valence electrons. The Bertz CT molecular complexity index is 407. The standard InChI is InChI=1S/C15H23NO2/c1-4-14-10-16(3)11-15(5-2,18-14)12-7-6-8-13(17)9-12/h6-9,14,17H,4-5,10-11H2,1-3H3. The molecule has 1 aromatic carbocycles. The van der Waals surface area contributed by atoms with Crippen molar-refractivity contribution in [2.45, 2.75) is 38.4 Å². The topological polar surface area (TPSA) is 32.7 Å². The smallest absolute Gasteiger partial charge is 0.115 e. The van der Waals surface area contributed by atoms with Gasteiger partial charge in [-0.15, -0.1) is 0 Å². The number of hydrogen-bond donors (Lipinski definition) is 1. The number of likely N-dealkylation sites (N-methyl/N-ethyl adjacent to an activating group) is 1. The average molecular weight is 249 g/mol. The largest absolute Gasteiger partial charge is 0.508 e. The third kappa shape index (κ3) is 2.52. The highest BCUT2D eigenvalue weighted by Gasteiger charge is 2.39. The number of phenols is 1. The highest BCUT2D eigenvalue weighted by Crippen LogP contribution is 2.36. The molecule has 1 heterocycles. The molecule has 18 heavy (non-hydrogen) atoms. The van der Waals surface area contributed by atoms with E-state index in [1.165, 1.54) is 0 Å². The molecule has 0 aliphatic carbocycles. The first kappa shape index (κ1) is 13.4. The van der Waals surface area contributed by atoms with Crippen molar-refractivity contribution < 1.29 is 9.84 Å². The van der Waals surface area contributed by atoms with E-state index in [2.05, 4.69) is 31.9 Å². The summed E-state index contributed by atoms with van der Waals surface area (Å²) in [4.78, 5) is 2.32. The lowest BCUT2D eigenvalue weighted by atomic mass is 9.88. The second-order valence-corrected chi connectivity index (χ2v) is 5.24. The number of morpholine rings is 1. The van der Waals surface area contributed by atoms with Crippen LogP contribution in [0, 0.1) is 0 Å². The van der Waals surface area contributed by atoms with Crippen molar-refractivity contribution in [2.24, 2.45) is 0 Å². The van der Waals surface area contributed by atoms with Gasteiger partial charge in [0.05, 0.1) is 6.10 Å². The highest BCUT2D eigenvalue weighted by molar-refractivity contribution is 5.32. The molecule has 1 aliphatic heterocycles. The molecular formula is C15H23NO2. The van der Waals surface area contributed by atoms with Crippen LogP contribution in [-0.2, 0) is 10.3 Å². The normalized spacial score (nSPS) is 29.4.